The lowest BCUT2D eigenvalue weighted by atomic mass is 10.2. The van der Waals surface area contributed by atoms with Gasteiger partial charge in [0.2, 0.25) is 5.91 Å². The van der Waals surface area contributed by atoms with Crippen LogP contribution in [-0.2, 0) is 21.4 Å². The molecule has 0 spiro atoms. The number of hydrogen-bond acceptors (Lipinski definition) is 6. The number of carbonyl (C=O) groups excluding carboxylic acids is 1. The number of aryl methyl sites for hydroxylation is 1. The van der Waals surface area contributed by atoms with Crippen LogP contribution in [0, 0.1) is 17.0 Å². The monoisotopic (exact) mass is 483 g/mol. The summed E-state index contributed by atoms with van der Waals surface area (Å²) >= 11 is 0. The summed E-state index contributed by atoms with van der Waals surface area (Å²) < 4.78 is 33.3. The van der Waals surface area contributed by atoms with E-state index in [0.717, 1.165) is 15.9 Å². The maximum Gasteiger partial charge on any atom is 0.273 e. The summed E-state index contributed by atoms with van der Waals surface area (Å²) in [6.07, 6.45) is 0. The first-order chi connectivity index (χ1) is 16.1. The van der Waals surface area contributed by atoms with E-state index in [-0.39, 0.29) is 16.3 Å². The van der Waals surface area contributed by atoms with E-state index >= 15 is 0 Å². The molecular formula is C24H25N3O6S. The second-order valence-corrected chi connectivity index (χ2v) is 9.51. The van der Waals surface area contributed by atoms with Crippen molar-refractivity contribution in [2.45, 2.75) is 18.4 Å². The minimum atomic E-state index is -4.31. The standard InChI is InChI=1S/C24H25N3O6S/c1-18-9-14-22(15-23(18)27(29)30)34(31,32)26(20-10-12-21(33-3)13-11-20)17-24(28)25(2)16-19-7-5-4-6-8-19/h4-15H,16-17H2,1-3H3. The predicted molar refractivity (Wildman–Crippen MR) is 128 cm³/mol. The fourth-order valence-electron chi connectivity index (χ4n) is 3.33. The molecule has 0 aliphatic heterocycles. The molecule has 34 heavy (non-hydrogen) atoms. The fraction of sp³-hybridized carbons (Fsp3) is 0.208. The Bertz CT molecular complexity index is 1280. The molecule has 0 radical (unpaired) electrons. The third kappa shape index (κ3) is 5.52. The van der Waals surface area contributed by atoms with Crippen LogP contribution in [-0.4, -0.2) is 44.9 Å². The number of nitro groups is 1. The molecule has 0 aliphatic rings. The molecule has 178 valence electrons. The van der Waals surface area contributed by atoms with Gasteiger partial charge in [0.25, 0.3) is 15.7 Å². The summed E-state index contributed by atoms with van der Waals surface area (Å²) in [5.74, 6) is 0.0736. The summed E-state index contributed by atoms with van der Waals surface area (Å²) in [5.41, 5.74) is 1.14. The van der Waals surface area contributed by atoms with E-state index in [1.54, 1.807) is 19.2 Å². The number of amides is 1. The molecule has 3 rings (SSSR count). The van der Waals surface area contributed by atoms with Gasteiger partial charge in [-0.1, -0.05) is 36.4 Å². The molecular weight excluding hydrogens is 458 g/mol. The normalized spacial score (nSPS) is 11.0. The van der Waals surface area contributed by atoms with Crippen LogP contribution in [0.4, 0.5) is 11.4 Å². The van der Waals surface area contributed by atoms with Crippen molar-refractivity contribution >= 4 is 27.3 Å². The van der Waals surface area contributed by atoms with Crippen molar-refractivity contribution in [2.24, 2.45) is 0 Å². The van der Waals surface area contributed by atoms with Crippen LogP contribution in [0.3, 0.4) is 0 Å². The molecule has 0 saturated heterocycles. The zero-order valence-corrected chi connectivity index (χ0v) is 19.9. The Morgan fingerprint density at radius 2 is 1.68 bits per heavy atom. The van der Waals surface area contributed by atoms with Crippen molar-refractivity contribution < 1.29 is 22.9 Å². The second kappa shape index (κ2) is 10.3. The lowest BCUT2D eigenvalue weighted by Gasteiger charge is -2.27. The van der Waals surface area contributed by atoms with Crippen LogP contribution < -0.4 is 9.04 Å². The maximum absolute atomic E-state index is 13.6. The van der Waals surface area contributed by atoms with Gasteiger partial charge < -0.3 is 9.64 Å². The van der Waals surface area contributed by atoms with Crippen LogP contribution >= 0.6 is 0 Å². The molecule has 9 nitrogen and oxygen atoms in total. The molecule has 0 fully saturated rings. The molecule has 0 aliphatic carbocycles. The number of benzene rings is 3. The highest BCUT2D eigenvalue weighted by Crippen LogP contribution is 2.29. The average Bonchev–Trinajstić information content (AvgIpc) is 2.83. The van der Waals surface area contributed by atoms with Crippen LogP contribution in [0.1, 0.15) is 11.1 Å². The van der Waals surface area contributed by atoms with Crippen molar-refractivity contribution in [1.82, 2.24) is 4.90 Å². The number of rotatable bonds is 9. The van der Waals surface area contributed by atoms with Crippen LogP contribution in [0.15, 0.2) is 77.7 Å². The Balaban J connectivity index is 1.98. The van der Waals surface area contributed by atoms with Crippen molar-refractivity contribution in [3.63, 3.8) is 0 Å². The van der Waals surface area contributed by atoms with Crippen LogP contribution in [0.25, 0.3) is 0 Å². The molecule has 0 heterocycles. The second-order valence-electron chi connectivity index (χ2n) is 7.65. The summed E-state index contributed by atoms with van der Waals surface area (Å²) in [7, 11) is -1.24. The first-order valence-corrected chi connectivity index (χ1v) is 11.8. The highest BCUT2D eigenvalue weighted by molar-refractivity contribution is 7.92. The Morgan fingerprint density at radius 1 is 1.03 bits per heavy atom. The minimum Gasteiger partial charge on any atom is -0.497 e. The van der Waals surface area contributed by atoms with Gasteiger partial charge in [0.1, 0.15) is 12.3 Å². The van der Waals surface area contributed by atoms with Crippen molar-refractivity contribution in [2.75, 3.05) is 25.0 Å². The Hall–Kier alpha value is -3.92. The minimum absolute atomic E-state index is 0.227. The summed E-state index contributed by atoms with van der Waals surface area (Å²) in [6.45, 7) is 1.34. The summed E-state index contributed by atoms with van der Waals surface area (Å²) in [6, 6.07) is 19.2. The highest BCUT2D eigenvalue weighted by atomic mass is 32.2. The molecule has 0 unspecified atom stereocenters. The molecule has 0 saturated carbocycles. The van der Waals surface area contributed by atoms with E-state index in [1.807, 2.05) is 30.3 Å². The molecule has 0 bridgehead atoms. The highest BCUT2D eigenvalue weighted by Gasteiger charge is 2.30. The number of sulfonamides is 1. The van der Waals surface area contributed by atoms with Gasteiger partial charge in [-0.3, -0.25) is 19.2 Å². The number of methoxy groups -OCH3 is 1. The Labute approximate surface area is 198 Å². The van der Waals surface area contributed by atoms with Gasteiger partial charge in [0.05, 0.1) is 22.6 Å². The first-order valence-electron chi connectivity index (χ1n) is 10.3. The van der Waals surface area contributed by atoms with E-state index in [1.165, 1.54) is 43.2 Å². The van der Waals surface area contributed by atoms with Gasteiger partial charge in [0, 0.05) is 25.2 Å². The number of anilines is 1. The zero-order valence-electron chi connectivity index (χ0n) is 19.0. The summed E-state index contributed by atoms with van der Waals surface area (Å²) in [4.78, 5) is 24.9. The average molecular weight is 484 g/mol. The molecule has 0 atom stereocenters. The molecule has 0 N–H and O–H groups in total. The van der Waals surface area contributed by atoms with Crippen LogP contribution in [0.5, 0.6) is 5.75 Å². The topological polar surface area (TPSA) is 110 Å². The summed E-state index contributed by atoms with van der Waals surface area (Å²) in [5, 5.41) is 11.4. The van der Waals surface area contributed by atoms with E-state index < -0.39 is 27.4 Å². The number of hydrogen-bond donors (Lipinski definition) is 0. The maximum atomic E-state index is 13.6. The number of nitrogens with zero attached hydrogens (tertiary/aromatic N) is 3. The van der Waals surface area contributed by atoms with E-state index in [0.29, 0.717) is 17.9 Å². The van der Waals surface area contributed by atoms with Gasteiger partial charge in [-0.05, 0) is 42.8 Å². The molecule has 10 heteroatoms. The Morgan fingerprint density at radius 3 is 2.26 bits per heavy atom. The fourth-order valence-corrected chi connectivity index (χ4v) is 4.76. The third-order valence-corrected chi connectivity index (χ3v) is 7.06. The number of carbonyl (C=O) groups is 1. The zero-order chi connectivity index (χ0) is 24.9. The third-order valence-electron chi connectivity index (χ3n) is 5.29. The van der Waals surface area contributed by atoms with Crippen molar-refractivity contribution in [3.8, 4) is 5.75 Å². The largest absolute Gasteiger partial charge is 0.497 e. The predicted octanol–water partition coefficient (Wildman–Crippen LogP) is 3.77. The van der Waals surface area contributed by atoms with Gasteiger partial charge in [0.15, 0.2) is 0 Å². The van der Waals surface area contributed by atoms with E-state index in [9.17, 15) is 23.3 Å². The molecule has 3 aromatic carbocycles. The van der Waals surface area contributed by atoms with E-state index in [4.69, 9.17) is 4.74 Å². The van der Waals surface area contributed by atoms with Gasteiger partial charge in [-0.25, -0.2) is 8.42 Å². The molecule has 0 aromatic heterocycles. The van der Waals surface area contributed by atoms with Gasteiger partial charge in [-0.2, -0.15) is 0 Å². The number of likely N-dealkylation sites (N-methyl/N-ethyl adjacent to an activating group) is 1. The van der Waals surface area contributed by atoms with Crippen LogP contribution in [0.2, 0.25) is 0 Å². The quantitative estimate of drug-likeness (QED) is 0.339. The number of nitro benzene ring substituents is 1. The first kappa shape index (κ1) is 24.7. The SMILES string of the molecule is COc1ccc(N(CC(=O)N(C)Cc2ccccc2)S(=O)(=O)c2ccc(C)c([N+](=O)[O-])c2)cc1. The van der Waals surface area contributed by atoms with Crippen molar-refractivity contribution in [3.05, 3.63) is 94.0 Å². The lowest BCUT2D eigenvalue weighted by Crippen LogP contribution is -2.41. The molecule has 1 amide bonds. The number of ether oxygens (including phenoxy) is 1. The Kier molecular flexibility index (Phi) is 7.52. The molecule has 3 aromatic rings. The van der Waals surface area contributed by atoms with E-state index in [2.05, 4.69) is 0 Å². The smallest absolute Gasteiger partial charge is 0.273 e. The lowest BCUT2D eigenvalue weighted by molar-refractivity contribution is -0.385. The van der Waals surface area contributed by atoms with Gasteiger partial charge in [-0.15, -0.1) is 0 Å². The van der Waals surface area contributed by atoms with Gasteiger partial charge >= 0.3 is 0 Å². The van der Waals surface area contributed by atoms with Crippen molar-refractivity contribution in [1.29, 1.82) is 0 Å².